The van der Waals surface area contributed by atoms with Crippen LogP contribution in [-0.2, 0) is 18.9 Å². The van der Waals surface area contributed by atoms with Gasteiger partial charge in [0, 0.05) is 14.7 Å². The third-order valence-corrected chi connectivity index (χ3v) is 8.55. The van der Waals surface area contributed by atoms with Crippen molar-refractivity contribution in [3.63, 3.8) is 0 Å². The predicted molar refractivity (Wildman–Crippen MR) is 118 cm³/mol. The van der Waals surface area contributed by atoms with Crippen LogP contribution in [0.1, 0.15) is 34.1 Å². The van der Waals surface area contributed by atoms with Gasteiger partial charge < -0.3 is 34.3 Å². The van der Waals surface area contributed by atoms with Crippen LogP contribution in [0.15, 0.2) is 0 Å². The molecule has 0 aromatic rings. The minimum Gasteiger partial charge on any atom is -0.394 e. The molecule has 0 aliphatic heterocycles. The molecule has 3 N–H and O–H groups in total. The molecule has 0 aliphatic carbocycles. The minimum absolute atomic E-state index is 0.0417. The highest BCUT2D eigenvalue weighted by Gasteiger charge is 2.29. The maximum absolute atomic E-state index is 8.30. The molecule has 0 rings (SSSR count). The summed E-state index contributed by atoms with van der Waals surface area (Å²) in [6.45, 7) is 20.5. The maximum atomic E-state index is 8.30. The molecule has 0 amide bonds. The largest absolute Gasteiger partial charge is 0.394 e. The summed E-state index contributed by atoms with van der Waals surface area (Å²) in [6, 6.07) is 0. The fourth-order valence-electron chi connectivity index (χ4n) is 0.982. The molecule has 0 radical (unpaired) electrons. The molecule has 0 unspecified atom stereocenters. The summed E-state index contributed by atoms with van der Waals surface area (Å²) >= 11 is 0. The summed E-state index contributed by atoms with van der Waals surface area (Å²) in [5, 5.41) is 25.4. The summed E-state index contributed by atoms with van der Waals surface area (Å²) in [5.74, 6) is 0. The van der Waals surface area contributed by atoms with Crippen LogP contribution in [0, 0.1) is 0 Å². The topological polar surface area (TPSA) is 97.6 Å². The standard InChI is InChI=1S/C7H16O3.C7H18Si.C6H14O4/c1-2-4-9-6-7-10-5-3-8;1-7(2,3)8(4,5)6;7-1-3-9-5-6-10-4-2-8/h8H,2-7H2,1H3;1-6H3;7-8H,1-6H2. The average Bonchev–Trinajstić information content (AvgIpc) is 2.60. The van der Waals surface area contributed by atoms with E-state index in [0.29, 0.717) is 51.3 Å². The highest BCUT2D eigenvalue weighted by molar-refractivity contribution is 6.78. The molecule has 0 fully saturated rings. The first-order valence-corrected chi connectivity index (χ1v) is 13.7. The molecule has 0 aliphatic rings. The van der Waals surface area contributed by atoms with E-state index in [1.165, 1.54) is 0 Å². The first-order chi connectivity index (χ1) is 13.1. The lowest BCUT2D eigenvalue weighted by molar-refractivity contribution is 0.0222. The van der Waals surface area contributed by atoms with Crippen LogP contribution in [0.3, 0.4) is 0 Å². The van der Waals surface area contributed by atoms with Crippen molar-refractivity contribution in [2.45, 2.75) is 58.8 Å². The summed E-state index contributed by atoms with van der Waals surface area (Å²) in [6.07, 6.45) is 1.04. The fourth-order valence-corrected chi connectivity index (χ4v) is 0.982. The lowest BCUT2D eigenvalue weighted by Crippen LogP contribution is -2.32. The second-order valence-corrected chi connectivity index (χ2v) is 14.1. The van der Waals surface area contributed by atoms with Crippen LogP contribution in [0.25, 0.3) is 0 Å². The van der Waals surface area contributed by atoms with E-state index in [1.807, 2.05) is 0 Å². The van der Waals surface area contributed by atoms with Crippen molar-refractivity contribution in [1.29, 1.82) is 0 Å². The average molecular weight is 429 g/mol. The van der Waals surface area contributed by atoms with Crippen molar-refractivity contribution < 1.29 is 34.3 Å². The van der Waals surface area contributed by atoms with Crippen LogP contribution in [0.5, 0.6) is 0 Å². The van der Waals surface area contributed by atoms with Crippen molar-refractivity contribution in [3.8, 4) is 0 Å². The monoisotopic (exact) mass is 428 g/mol. The Bertz CT molecular complexity index is 235. The van der Waals surface area contributed by atoms with Gasteiger partial charge in [0.15, 0.2) is 0 Å². The van der Waals surface area contributed by atoms with Gasteiger partial charge in [0.2, 0.25) is 0 Å². The summed E-state index contributed by atoms with van der Waals surface area (Å²) in [4.78, 5) is 0. The Morgan fingerprint density at radius 3 is 1.00 bits per heavy atom. The predicted octanol–water partition coefficient (Wildman–Crippen LogP) is 2.55. The van der Waals surface area contributed by atoms with Gasteiger partial charge in [-0.2, -0.15) is 0 Å². The highest BCUT2D eigenvalue weighted by atomic mass is 28.3. The highest BCUT2D eigenvalue weighted by Crippen LogP contribution is 2.35. The van der Waals surface area contributed by atoms with Crippen LogP contribution in [-0.4, -0.2) is 96.1 Å². The third kappa shape index (κ3) is 30.7. The first kappa shape index (κ1) is 32.6. The van der Waals surface area contributed by atoms with Crippen LogP contribution < -0.4 is 0 Å². The fraction of sp³-hybridized carbons (Fsp3) is 1.00. The van der Waals surface area contributed by atoms with Crippen molar-refractivity contribution in [2.24, 2.45) is 0 Å². The Labute approximate surface area is 174 Å². The van der Waals surface area contributed by atoms with E-state index in [2.05, 4.69) is 47.3 Å². The van der Waals surface area contributed by atoms with Crippen molar-refractivity contribution >= 4 is 8.07 Å². The third-order valence-electron chi connectivity index (χ3n) is 4.05. The van der Waals surface area contributed by atoms with Crippen LogP contribution >= 0.6 is 0 Å². The van der Waals surface area contributed by atoms with Crippen molar-refractivity contribution in [3.05, 3.63) is 0 Å². The molecular weight excluding hydrogens is 380 g/mol. The van der Waals surface area contributed by atoms with E-state index < -0.39 is 8.07 Å². The molecule has 0 saturated heterocycles. The van der Waals surface area contributed by atoms with Gasteiger partial charge >= 0.3 is 0 Å². The van der Waals surface area contributed by atoms with Gasteiger partial charge in [-0.05, 0) is 11.5 Å². The smallest absolute Gasteiger partial charge is 0.0701 e. The lowest BCUT2D eigenvalue weighted by Gasteiger charge is -2.32. The molecule has 0 spiro atoms. The number of hydrogen-bond acceptors (Lipinski definition) is 7. The SMILES string of the molecule is CC(C)(C)[Si](C)(C)C.CCCOCCOCCO.OCCOCCOCCO. The molecule has 28 heavy (non-hydrogen) atoms. The van der Waals surface area contributed by atoms with Crippen LogP contribution in [0.4, 0.5) is 0 Å². The molecule has 0 aromatic heterocycles. The maximum Gasteiger partial charge on any atom is 0.0701 e. The zero-order valence-corrected chi connectivity index (χ0v) is 20.5. The normalized spacial score (nSPS) is 11.4. The molecular formula is C20H48O7Si. The van der Waals surface area contributed by atoms with Gasteiger partial charge in [0.05, 0.1) is 66.1 Å². The lowest BCUT2D eigenvalue weighted by atomic mass is 10.2. The van der Waals surface area contributed by atoms with Crippen molar-refractivity contribution in [2.75, 3.05) is 72.7 Å². The van der Waals surface area contributed by atoms with Gasteiger partial charge in [-0.25, -0.2) is 0 Å². The van der Waals surface area contributed by atoms with Gasteiger partial charge in [-0.1, -0.05) is 47.3 Å². The minimum atomic E-state index is -0.859. The number of ether oxygens (including phenoxy) is 4. The second kappa shape index (κ2) is 23.2. The number of hydrogen-bond donors (Lipinski definition) is 3. The van der Waals surface area contributed by atoms with E-state index >= 15 is 0 Å². The van der Waals surface area contributed by atoms with E-state index in [-0.39, 0.29) is 19.8 Å². The van der Waals surface area contributed by atoms with E-state index in [1.54, 1.807) is 0 Å². The quantitative estimate of drug-likeness (QED) is 0.289. The zero-order chi connectivity index (χ0) is 22.3. The summed E-state index contributed by atoms with van der Waals surface area (Å²) in [7, 11) is -0.859. The molecule has 0 heterocycles. The molecule has 0 atom stereocenters. The zero-order valence-electron chi connectivity index (χ0n) is 19.5. The van der Waals surface area contributed by atoms with E-state index in [4.69, 9.17) is 34.3 Å². The van der Waals surface area contributed by atoms with Crippen LogP contribution in [0.2, 0.25) is 24.7 Å². The Morgan fingerprint density at radius 1 is 0.571 bits per heavy atom. The molecule has 174 valence electrons. The molecule has 0 aromatic carbocycles. The Morgan fingerprint density at radius 2 is 0.821 bits per heavy atom. The Kier molecular flexibility index (Phi) is 27.0. The number of aliphatic hydroxyl groups excluding tert-OH is 3. The first-order valence-electron chi connectivity index (χ1n) is 10.2. The summed E-state index contributed by atoms with van der Waals surface area (Å²) < 4.78 is 19.8. The second-order valence-electron chi connectivity index (χ2n) is 8.12. The van der Waals surface area contributed by atoms with Gasteiger partial charge in [-0.3, -0.25) is 0 Å². The summed E-state index contributed by atoms with van der Waals surface area (Å²) in [5.41, 5.74) is 0. The van der Waals surface area contributed by atoms with Gasteiger partial charge in [-0.15, -0.1) is 0 Å². The Hall–Kier alpha value is -0.0631. The number of rotatable bonds is 14. The number of aliphatic hydroxyl groups is 3. The van der Waals surface area contributed by atoms with E-state index in [9.17, 15) is 0 Å². The van der Waals surface area contributed by atoms with Gasteiger partial charge in [0.25, 0.3) is 0 Å². The molecule has 0 saturated carbocycles. The van der Waals surface area contributed by atoms with Gasteiger partial charge in [0.1, 0.15) is 0 Å². The molecule has 7 nitrogen and oxygen atoms in total. The van der Waals surface area contributed by atoms with Crippen molar-refractivity contribution in [1.82, 2.24) is 0 Å². The molecule has 8 heteroatoms. The molecule has 0 bridgehead atoms. The Balaban J connectivity index is -0.000000337. The van der Waals surface area contributed by atoms with E-state index in [0.717, 1.165) is 13.0 Å².